The Hall–Kier alpha value is -2.21. The van der Waals surface area contributed by atoms with Gasteiger partial charge in [0.25, 0.3) is 0 Å². The first kappa shape index (κ1) is 18.1. The number of hydrogen-bond donors (Lipinski definition) is 3. The van der Waals surface area contributed by atoms with Crippen LogP contribution in [0.25, 0.3) is 10.9 Å². The predicted octanol–water partition coefficient (Wildman–Crippen LogP) is 4.97. The molecule has 1 aromatic carbocycles. The van der Waals surface area contributed by atoms with Crippen molar-refractivity contribution in [2.24, 2.45) is 5.73 Å². The fourth-order valence-corrected chi connectivity index (χ4v) is 3.13. The highest BCUT2D eigenvalue weighted by molar-refractivity contribution is 7.99. The van der Waals surface area contributed by atoms with Gasteiger partial charge in [-0.2, -0.15) is 0 Å². The number of amidine groups is 1. The molecule has 2 aromatic rings. The summed E-state index contributed by atoms with van der Waals surface area (Å²) in [6.45, 7) is 3.88. The Bertz CT molecular complexity index is 808. The Morgan fingerprint density at radius 1 is 1.46 bits per heavy atom. The van der Waals surface area contributed by atoms with Crippen LogP contribution in [0.2, 0.25) is 0 Å². The molecule has 0 spiro atoms. The normalized spacial score (nSPS) is 12.7. The van der Waals surface area contributed by atoms with Crippen molar-refractivity contribution in [3.63, 3.8) is 0 Å². The van der Waals surface area contributed by atoms with Gasteiger partial charge in [0.2, 0.25) is 0 Å². The van der Waals surface area contributed by atoms with Crippen molar-refractivity contribution in [1.82, 2.24) is 4.98 Å². The second-order valence-corrected chi connectivity index (χ2v) is 6.03. The number of nitrogens with one attached hydrogen (secondary N) is 2. The van der Waals surface area contributed by atoms with E-state index in [0.29, 0.717) is 17.8 Å². The van der Waals surface area contributed by atoms with Crippen molar-refractivity contribution in [3.05, 3.63) is 47.6 Å². The van der Waals surface area contributed by atoms with Gasteiger partial charge in [-0.05, 0) is 42.9 Å². The summed E-state index contributed by atoms with van der Waals surface area (Å²) in [5, 5.41) is 8.53. The first-order valence-electron chi connectivity index (χ1n) is 7.78. The molecule has 0 fully saturated rings. The fraction of sp³-hybridized carbons (Fsp3) is 0.278. The van der Waals surface area contributed by atoms with E-state index < -0.39 is 5.82 Å². The lowest BCUT2D eigenvalue weighted by Crippen LogP contribution is -2.13. The number of benzene rings is 1. The molecule has 24 heavy (non-hydrogen) atoms. The predicted molar refractivity (Wildman–Crippen MR) is 99.3 cm³/mol. The number of allylic oxidation sites excluding steroid dienone is 2. The van der Waals surface area contributed by atoms with Crippen LogP contribution in [0.3, 0.4) is 0 Å². The van der Waals surface area contributed by atoms with Gasteiger partial charge < -0.3 is 15.5 Å². The van der Waals surface area contributed by atoms with E-state index in [1.165, 1.54) is 17.8 Å². The second-order valence-electron chi connectivity index (χ2n) is 5.21. The number of aromatic amines is 1. The molecule has 1 heterocycles. The van der Waals surface area contributed by atoms with Gasteiger partial charge in [0.05, 0.1) is 4.90 Å². The van der Waals surface area contributed by atoms with Crippen molar-refractivity contribution in [2.75, 3.05) is 6.26 Å². The minimum absolute atomic E-state index is 0.00486. The van der Waals surface area contributed by atoms with Crippen molar-refractivity contribution in [1.29, 1.82) is 5.41 Å². The first-order valence-corrected chi connectivity index (χ1v) is 9.00. The van der Waals surface area contributed by atoms with Crippen LogP contribution in [-0.2, 0) is 0 Å². The largest absolute Gasteiger partial charge is 0.453 e. The third-order valence-corrected chi connectivity index (χ3v) is 4.40. The number of thioether (sulfide) groups is 1. The summed E-state index contributed by atoms with van der Waals surface area (Å²) in [5.41, 5.74) is 6.97. The number of halogens is 1. The van der Waals surface area contributed by atoms with Gasteiger partial charge in [-0.3, -0.25) is 5.41 Å². The monoisotopic (exact) mass is 347 g/mol. The molecule has 4 nitrogen and oxygen atoms in total. The van der Waals surface area contributed by atoms with Crippen molar-refractivity contribution in [3.8, 4) is 5.75 Å². The highest BCUT2D eigenvalue weighted by atomic mass is 32.2. The van der Waals surface area contributed by atoms with E-state index in [1.807, 2.05) is 32.2 Å². The average molecular weight is 347 g/mol. The van der Waals surface area contributed by atoms with Gasteiger partial charge in [0, 0.05) is 23.2 Å². The molecular weight excluding hydrogens is 325 g/mol. The van der Waals surface area contributed by atoms with Crippen molar-refractivity contribution >= 4 is 28.5 Å². The summed E-state index contributed by atoms with van der Waals surface area (Å²) in [4.78, 5) is 3.76. The van der Waals surface area contributed by atoms with Crippen LogP contribution in [-0.4, -0.2) is 17.1 Å². The molecule has 0 saturated heterocycles. The van der Waals surface area contributed by atoms with E-state index in [0.717, 1.165) is 22.2 Å². The van der Waals surface area contributed by atoms with Crippen LogP contribution in [0.4, 0.5) is 4.39 Å². The maximum Gasteiger partial charge on any atom is 0.177 e. The zero-order valence-electron chi connectivity index (χ0n) is 14.1. The number of ether oxygens (including phenoxy) is 1. The Morgan fingerprint density at radius 3 is 2.79 bits per heavy atom. The Labute approximate surface area is 145 Å². The smallest absolute Gasteiger partial charge is 0.177 e. The Morgan fingerprint density at radius 2 is 2.21 bits per heavy atom. The van der Waals surface area contributed by atoms with Crippen molar-refractivity contribution < 1.29 is 9.13 Å². The standard InChI is InChI=1S/C18H22FN3OS/c1-4-6-12(9-11(5-2)18(20)21)23-16-14(19)10-15-13(7-8-22-15)17(16)24-3/h6-10,22H,4-5H2,1-3H3,(H3,20,21)/b11-9+,12-6+. The number of hydrogen-bond acceptors (Lipinski definition) is 3. The molecule has 0 saturated carbocycles. The van der Waals surface area contributed by atoms with Crippen LogP contribution >= 0.6 is 11.8 Å². The maximum atomic E-state index is 14.5. The third-order valence-electron chi connectivity index (χ3n) is 3.59. The summed E-state index contributed by atoms with van der Waals surface area (Å²) >= 11 is 1.43. The third kappa shape index (κ3) is 3.82. The molecule has 0 aliphatic rings. The molecule has 0 amide bonds. The van der Waals surface area contributed by atoms with Gasteiger partial charge in [0.15, 0.2) is 11.6 Å². The molecule has 2 rings (SSSR count). The summed E-state index contributed by atoms with van der Waals surface area (Å²) < 4.78 is 20.4. The maximum absolute atomic E-state index is 14.5. The topological polar surface area (TPSA) is 74.9 Å². The van der Waals surface area contributed by atoms with Gasteiger partial charge in [-0.15, -0.1) is 11.8 Å². The molecule has 0 unspecified atom stereocenters. The van der Waals surface area contributed by atoms with Crippen LogP contribution in [0.5, 0.6) is 5.75 Å². The summed E-state index contributed by atoms with van der Waals surface area (Å²) in [5.74, 6) is 0.263. The molecule has 0 aliphatic carbocycles. The lowest BCUT2D eigenvalue weighted by molar-refractivity contribution is 0.400. The Balaban J connectivity index is 2.50. The minimum atomic E-state index is -0.425. The molecule has 0 aliphatic heterocycles. The molecule has 0 radical (unpaired) electrons. The fourth-order valence-electron chi connectivity index (χ4n) is 2.41. The number of fused-ring (bicyclic) bond motifs is 1. The number of aromatic nitrogens is 1. The highest BCUT2D eigenvalue weighted by Gasteiger charge is 2.17. The molecule has 6 heteroatoms. The lowest BCUT2D eigenvalue weighted by Gasteiger charge is -2.14. The molecule has 0 atom stereocenters. The molecule has 0 bridgehead atoms. The first-order chi connectivity index (χ1) is 11.5. The molecule has 1 aromatic heterocycles. The van der Waals surface area contributed by atoms with E-state index >= 15 is 0 Å². The number of rotatable bonds is 7. The summed E-state index contributed by atoms with van der Waals surface area (Å²) in [7, 11) is 0. The van der Waals surface area contributed by atoms with Crippen LogP contribution in [0.1, 0.15) is 26.7 Å². The quantitative estimate of drug-likeness (QED) is 0.217. The van der Waals surface area contributed by atoms with E-state index in [-0.39, 0.29) is 11.6 Å². The SMILES string of the molecule is CC/C=C(\C=C(/CC)C(=N)N)Oc1c(F)cc2[nH]ccc2c1SC. The zero-order valence-corrected chi connectivity index (χ0v) is 14.9. The van der Waals surface area contributed by atoms with Gasteiger partial charge >= 0.3 is 0 Å². The minimum Gasteiger partial charge on any atom is -0.453 e. The lowest BCUT2D eigenvalue weighted by atomic mass is 10.1. The second kappa shape index (κ2) is 8.06. The summed E-state index contributed by atoms with van der Waals surface area (Å²) in [6, 6.07) is 3.34. The van der Waals surface area contributed by atoms with E-state index in [2.05, 4.69) is 4.98 Å². The molecular formula is C18H22FN3OS. The van der Waals surface area contributed by atoms with Crippen LogP contribution in [0.15, 0.2) is 46.7 Å². The van der Waals surface area contributed by atoms with E-state index in [4.69, 9.17) is 15.9 Å². The molecule has 4 N–H and O–H groups in total. The zero-order chi connectivity index (χ0) is 17.7. The molecule has 128 valence electrons. The average Bonchev–Trinajstić information content (AvgIpc) is 3.00. The van der Waals surface area contributed by atoms with E-state index in [9.17, 15) is 4.39 Å². The number of nitrogens with two attached hydrogens (primary N) is 1. The van der Waals surface area contributed by atoms with Crippen LogP contribution < -0.4 is 10.5 Å². The number of H-pyrrole nitrogens is 1. The van der Waals surface area contributed by atoms with E-state index in [1.54, 1.807) is 12.3 Å². The van der Waals surface area contributed by atoms with Crippen LogP contribution in [0, 0.1) is 11.2 Å². The highest BCUT2D eigenvalue weighted by Crippen LogP contribution is 2.38. The van der Waals surface area contributed by atoms with Gasteiger partial charge in [0.1, 0.15) is 11.6 Å². The van der Waals surface area contributed by atoms with Crippen molar-refractivity contribution in [2.45, 2.75) is 31.6 Å². The Kier molecular flexibility index (Phi) is 6.09. The summed E-state index contributed by atoms with van der Waals surface area (Å²) in [6.07, 6.45) is 8.55. The van der Waals surface area contributed by atoms with Gasteiger partial charge in [-0.1, -0.05) is 13.8 Å². The van der Waals surface area contributed by atoms with Gasteiger partial charge in [-0.25, -0.2) is 4.39 Å².